The van der Waals surface area contributed by atoms with Crippen molar-refractivity contribution in [2.24, 2.45) is 5.73 Å². The molecule has 0 aliphatic heterocycles. The summed E-state index contributed by atoms with van der Waals surface area (Å²) in [6.07, 6.45) is -4.63. The Hall–Kier alpha value is -2.68. The molecule has 2 rings (SSSR count). The topological polar surface area (TPSA) is 67.2 Å². The minimum absolute atomic E-state index is 0.0912. The Kier molecular flexibility index (Phi) is 5.58. The average molecular weight is 371 g/mol. The maximum atomic E-state index is 13.3. The van der Waals surface area contributed by atoms with Crippen molar-refractivity contribution in [2.45, 2.75) is 12.7 Å². The fraction of sp³-hybridized carbons (Fsp3) is 0.125. The number of anilines is 1. The van der Waals surface area contributed by atoms with Crippen LogP contribution >= 0.6 is 12.2 Å². The summed E-state index contributed by atoms with van der Waals surface area (Å²) >= 11 is 5.03. The van der Waals surface area contributed by atoms with Crippen molar-refractivity contribution in [3.63, 3.8) is 0 Å². The van der Waals surface area contributed by atoms with Crippen molar-refractivity contribution in [3.8, 4) is 0 Å². The summed E-state index contributed by atoms with van der Waals surface area (Å²) < 4.78 is 51.3. The molecule has 0 heterocycles. The highest BCUT2D eigenvalue weighted by atomic mass is 32.1. The van der Waals surface area contributed by atoms with Crippen LogP contribution in [-0.2, 0) is 12.7 Å². The molecular weight excluding hydrogens is 358 g/mol. The Morgan fingerprint density at radius 3 is 2.32 bits per heavy atom. The van der Waals surface area contributed by atoms with Gasteiger partial charge >= 0.3 is 6.18 Å². The molecule has 0 saturated heterocycles. The molecule has 0 saturated carbocycles. The van der Waals surface area contributed by atoms with Gasteiger partial charge in [-0.2, -0.15) is 13.2 Å². The number of amides is 1. The molecule has 0 spiro atoms. The molecule has 0 aliphatic carbocycles. The average Bonchev–Trinajstić information content (AvgIpc) is 2.52. The van der Waals surface area contributed by atoms with Crippen LogP contribution in [-0.4, -0.2) is 11.0 Å². The summed E-state index contributed by atoms with van der Waals surface area (Å²) in [4.78, 5) is 11.0. The fourth-order valence-corrected chi connectivity index (χ4v) is 2.18. The molecule has 4 N–H and O–H groups in total. The van der Waals surface area contributed by atoms with Crippen molar-refractivity contribution in [1.82, 2.24) is 5.32 Å². The van der Waals surface area contributed by atoms with E-state index in [1.807, 2.05) is 0 Å². The molecule has 0 unspecified atom stereocenters. The van der Waals surface area contributed by atoms with Crippen molar-refractivity contribution in [2.75, 3.05) is 5.32 Å². The highest BCUT2D eigenvalue weighted by molar-refractivity contribution is 7.80. The Morgan fingerprint density at radius 1 is 1.12 bits per heavy atom. The number of thiocarbonyl (C=S) groups is 1. The lowest BCUT2D eigenvalue weighted by Crippen LogP contribution is -2.28. The van der Waals surface area contributed by atoms with Crippen LogP contribution in [0.25, 0.3) is 0 Å². The van der Waals surface area contributed by atoms with E-state index in [1.54, 1.807) is 12.1 Å². The third-order valence-electron chi connectivity index (χ3n) is 3.17. The minimum atomic E-state index is -4.63. The number of primary amides is 1. The number of rotatable bonds is 4. The maximum absolute atomic E-state index is 13.3. The summed E-state index contributed by atoms with van der Waals surface area (Å²) in [5.74, 6) is -1.55. The normalized spacial score (nSPS) is 11.0. The van der Waals surface area contributed by atoms with Crippen molar-refractivity contribution >= 4 is 28.9 Å². The second kappa shape index (κ2) is 7.47. The molecule has 4 nitrogen and oxygen atoms in total. The Balaban J connectivity index is 1.98. The van der Waals surface area contributed by atoms with E-state index in [2.05, 4.69) is 10.6 Å². The van der Waals surface area contributed by atoms with Crippen LogP contribution in [0.5, 0.6) is 0 Å². The lowest BCUT2D eigenvalue weighted by molar-refractivity contribution is -0.137. The summed E-state index contributed by atoms with van der Waals surface area (Å²) in [5, 5.41) is 5.60. The summed E-state index contributed by atoms with van der Waals surface area (Å²) in [6.45, 7) is -0.0912. The molecule has 1 amide bonds. The molecule has 2 aromatic rings. The van der Waals surface area contributed by atoms with Crippen LogP contribution in [0.4, 0.5) is 23.2 Å². The van der Waals surface area contributed by atoms with E-state index in [4.69, 9.17) is 18.0 Å². The van der Waals surface area contributed by atoms with E-state index in [-0.39, 0.29) is 17.2 Å². The Bertz CT molecular complexity index is 791. The number of hydrogen-bond donors (Lipinski definition) is 3. The van der Waals surface area contributed by atoms with Gasteiger partial charge in [-0.25, -0.2) is 4.39 Å². The van der Waals surface area contributed by atoms with Crippen molar-refractivity contribution in [1.29, 1.82) is 0 Å². The highest BCUT2D eigenvalue weighted by Crippen LogP contribution is 2.30. The molecular formula is C16H13F4N3OS. The molecule has 0 aliphatic rings. The Labute approximate surface area is 146 Å². The van der Waals surface area contributed by atoms with Gasteiger partial charge in [-0.1, -0.05) is 0 Å². The number of nitrogens with one attached hydrogen (secondary N) is 2. The number of halogens is 4. The smallest absolute Gasteiger partial charge is 0.366 e. The van der Waals surface area contributed by atoms with E-state index >= 15 is 0 Å². The first-order valence-corrected chi connectivity index (χ1v) is 7.37. The van der Waals surface area contributed by atoms with E-state index < -0.39 is 23.5 Å². The van der Waals surface area contributed by atoms with Gasteiger partial charge in [-0.15, -0.1) is 0 Å². The first-order chi connectivity index (χ1) is 11.6. The van der Waals surface area contributed by atoms with E-state index in [0.717, 1.165) is 12.1 Å². The molecule has 25 heavy (non-hydrogen) atoms. The minimum Gasteiger partial charge on any atom is -0.366 e. The van der Waals surface area contributed by atoms with Crippen LogP contribution in [0.3, 0.4) is 0 Å². The van der Waals surface area contributed by atoms with Crippen LogP contribution in [0.15, 0.2) is 42.5 Å². The van der Waals surface area contributed by atoms with Crippen molar-refractivity contribution in [3.05, 3.63) is 65.0 Å². The first-order valence-electron chi connectivity index (χ1n) is 6.96. The Morgan fingerprint density at radius 2 is 1.76 bits per heavy atom. The standard InChI is InChI=1S/C16H13F4N3OS/c17-12-6-9(5-11(7-12)16(18,19)20)8-22-15(25)23-13-3-1-10(2-4-13)14(21)24/h1-7H,8H2,(H2,21,24)(H2,22,23,25). The molecule has 0 radical (unpaired) electrons. The van der Waals surface area contributed by atoms with Gasteiger partial charge in [0, 0.05) is 17.8 Å². The van der Waals surface area contributed by atoms with Gasteiger partial charge in [0.05, 0.1) is 5.56 Å². The van der Waals surface area contributed by atoms with Crippen LogP contribution in [0.2, 0.25) is 0 Å². The largest absolute Gasteiger partial charge is 0.416 e. The zero-order chi connectivity index (χ0) is 18.6. The van der Waals surface area contributed by atoms with E-state index in [1.165, 1.54) is 12.1 Å². The van der Waals surface area contributed by atoms with Crippen molar-refractivity contribution < 1.29 is 22.4 Å². The SMILES string of the molecule is NC(=O)c1ccc(NC(=S)NCc2cc(F)cc(C(F)(F)F)c2)cc1. The third kappa shape index (κ3) is 5.42. The predicted molar refractivity (Wildman–Crippen MR) is 89.4 cm³/mol. The third-order valence-corrected chi connectivity index (χ3v) is 3.41. The summed E-state index contributed by atoms with van der Waals surface area (Å²) in [7, 11) is 0. The maximum Gasteiger partial charge on any atom is 0.416 e. The van der Waals surface area contributed by atoms with Gasteiger partial charge in [-0.3, -0.25) is 4.79 Å². The van der Waals surface area contributed by atoms with Gasteiger partial charge in [0.25, 0.3) is 0 Å². The number of alkyl halides is 3. The number of nitrogens with two attached hydrogens (primary N) is 1. The van der Waals surface area contributed by atoms with Gasteiger partial charge < -0.3 is 16.4 Å². The number of carbonyl (C=O) groups is 1. The molecule has 2 aromatic carbocycles. The molecule has 132 valence electrons. The second-order valence-corrected chi connectivity index (χ2v) is 5.50. The summed E-state index contributed by atoms with van der Waals surface area (Å²) in [5.41, 5.74) is 5.03. The highest BCUT2D eigenvalue weighted by Gasteiger charge is 2.31. The van der Waals surface area contributed by atoms with E-state index in [9.17, 15) is 22.4 Å². The predicted octanol–water partition coefficient (Wildman–Crippen LogP) is 3.43. The van der Waals surface area contributed by atoms with Gasteiger partial charge in [-0.05, 0) is 60.2 Å². The number of benzene rings is 2. The number of hydrogen-bond acceptors (Lipinski definition) is 2. The monoisotopic (exact) mass is 371 g/mol. The zero-order valence-electron chi connectivity index (χ0n) is 12.7. The van der Waals surface area contributed by atoms with Gasteiger partial charge in [0.15, 0.2) is 5.11 Å². The molecule has 0 aromatic heterocycles. The van der Waals surface area contributed by atoms with Crippen LogP contribution in [0.1, 0.15) is 21.5 Å². The fourth-order valence-electron chi connectivity index (χ4n) is 1.99. The quantitative estimate of drug-likeness (QED) is 0.569. The summed E-state index contributed by atoms with van der Waals surface area (Å²) in [6, 6.07) is 8.40. The lowest BCUT2D eigenvalue weighted by atomic mass is 10.1. The first kappa shape index (κ1) is 18.7. The lowest BCUT2D eigenvalue weighted by Gasteiger charge is -2.13. The zero-order valence-corrected chi connectivity index (χ0v) is 13.5. The number of carbonyl (C=O) groups excluding carboxylic acids is 1. The van der Waals surface area contributed by atoms with Crippen LogP contribution < -0.4 is 16.4 Å². The molecule has 0 bridgehead atoms. The molecule has 9 heteroatoms. The van der Waals surface area contributed by atoms with Gasteiger partial charge in [0.2, 0.25) is 5.91 Å². The molecule has 0 fully saturated rings. The van der Waals surface area contributed by atoms with Crippen LogP contribution in [0, 0.1) is 5.82 Å². The van der Waals surface area contributed by atoms with Gasteiger partial charge in [0.1, 0.15) is 5.82 Å². The van der Waals surface area contributed by atoms with E-state index in [0.29, 0.717) is 17.3 Å². The molecule has 0 atom stereocenters. The second-order valence-electron chi connectivity index (χ2n) is 5.10.